The Labute approximate surface area is 145 Å². The van der Waals surface area contributed by atoms with Crippen molar-refractivity contribution in [1.82, 2.24) is 5.32 Å². The van der Waals surface area contributed by atoms with Gasteiger partial charge in [-0.1, -0.05) is 30.3 Å². The standard InChI is InChI=1S/C20H16N2O3/c21-12-20(8-9-20)22-18(23)14-6-7-16-15(10-14)11-17(25-19(16)24)13-4-2-1-3-5-13/h1-7,10,17H,8-9,11H2,(H,22,23). The van der Waals surface area contributed by atoms with Crippen LogP contribution in [-0.4, -0.2) is 17.4 Å². The number of benzene rings is 2. The molecule has 5 heteroatoms. The molecular weight excluding hydrogens is 316 g/mol. The lowest BCUT2D eigenvalue weighted by Gasteiger charge is -2.25. The average Bonchev–Trinajstić information content (AvgIpc) is 3.42. The molecule has 0 saturated heterocycles. The van der Waals surface area contributed by atoms with Gasteiger partial charge in [0.05, 0.1) is 11.6 Å². The number of cyclic esters (lactones) is 1. The zero-order chi connectivity index (χ0) is 17.4. The van der Waals surface area contributed by atoms with E-state index in [2.05, 4.69) is 11.4 Å². The van der Waals surface area contributed by atoms with Crippen LogP contribution in [0, 0.1) is 11.3 Å². The predicted molar refractivity (Wildman–Crippen MR) is 89.8 cm³/mol. The molecule has 124 valence electrons. The van der Waals surface area contributed by atoms with Crippen molar-refractivity contribution in [3.63, 3.8) is 0 Å². The van der Waals surface area contributed by atoms with Gasteiger partial charge in [0, 0.05) is 12.0 Å². The summed E-state index contributed by atoms with van der Waals surface area (Å²) in [5.74, 6) is -0.658. The Bertz CT molecular complexity index is 895. The van der Waals surface area contributed by atoms with Gasteiger partial charge in [-0.05, 0) is 42.2 Å². The number of rotatable bonds is 3. The molecule has 1 amide bonds. The number of ether oxygens (including phenoxy) is 1. The van der Waals surface area contributed by atoms with Crippen molar-refractivity contribution in [3.8, 4) is 6.07 Å². The van der Waals surface area contributed by atoms with Crippen molar-refractivity contribution in [2.75, 3.05) is 0 Å². The molecule has 1 atom stereocenters. The highest BCUT2D eigenvalue weighted by atomic mass is 16.5. The van der Waals surface area contributed by atoms with E-state index < -0.39 is 5.54 Å². The highest BCUT2D eigenvalue weighted by Gasteiger charge is 2.44. The highest BCUT2D eigenvalue weighted by Crippen LogP contribution is 2.35. The third-order valence-electron chi connectivity index (χ3n) is 4.73. The summed E-state index contributed by atoms with van der Waals surface area (Å²) < 4.78 is 5.52. The van der Waals surface area contributed by atoms with Crippen LogP contribution < -0.4 is 5.32 Å². The van der Waals surface area contributed by atoms with Crippen LogP contribution in [0.15, 0.2) is 48.5 Å². The number of carbonyl (C=O) groups excluding carboxylic acids is 2. The third-order valence-corrected chi connectivity index (χ3v) is 4.73. The van der Waals surface area contributed by atoms with Gasteiger partial charge in [-0.15, -0.1) is 0 Å². The fourth-order valence-electron chi connectivity index (χ4n) is 3.07. The van der Waals surface area contributed by atoms with Gasteiger partial charge in [-0.2, -0.15) is 5.26 Å². The Hall–Kier alpha value is -3.13. The molecular formula is C20H16N2O3. The summed E-state index contributed by atoms with van der Waals surface area (Å²) in [7, 11) is 0. The molecule has 25 heavy (non-hydrogen) atoms. The molecule has 1 fully saturated rings. The van der Waals surface area contributed by atoms with Crippen LogP contribution in [0.4, 0.5) is 0 Å². The minimum absolute atomic E-state index is 0.281. The second kappa shape index (κ2) is 5.75. The summed E-state index contributed by atoms with van der Waals surface area (Å²) in [6.45, 7) is 0. The molecule has 4 rings (SSSR count). The van der Waals surface area contributed by atoms with E-state index >= 15 is 0 Å². The quantitative estimate of drug-likeness (QED) is 0.877. The van der Waals surface area contributed by atoms with Gasteiger partial charge >= 0.3 is 5.97 Å². The number of esters is 1. The first kappa shape index (κ1) is 15.4. The minimum atomic E-state index is -0.710. The van der Waals surface area contributed by atoms with Crippen LogP contribution >= 0.6 is 0 Å². The van der Waals surface area contributed by atoms with Gasteiger partial charge < -0.3 is 10.1 Å². The smallest absolute Gasteiger partial charge is 0.339 e. The predicted octanol–water partition coefficient (Wildman–Crippen LogP) is 2.93. The molecule has 0 radical (unpaired) electrons. The van der Waals surface area contributed by atoms with E-state index in [1.807, 2.05) is 30.3 Å². The summed E-state index contributed by atoms with van der Waals surface area (Å²) in [5.41, 5.74) is 1.96. The van der Waals surface area contributed by atoms with E-state index in [4.69, 9.17) is 10.00 Å². The van der Waals surface area contributed by atoms with Gasteiger partial charge in [-0.3, -0.25) is 4.79 Å². The minimum Gasteiger partial charge on any atom is -0.454 e. The number of hydrogen-bond acceptors (Lipinski definition) is 4. The number of fused-ring (bicyclic) bond motifs is 1. The van der Waals surface area contributed by atoms with Crippen LogP contribution in [-0.2, 0) is 11.2 Å². The second-order valence-corrected chi connectivity index (χ2v) is 6.53. The summed E-state index contributed by atoms with van der Waals surface area (Å²) >= 11 is 0. The lowest BCUT2D eigenvalue weighted by atomic mass is 9.93. The number of nitrogens with one attached hydrogen (secondary N) is 1. The number of nitrogens with zero attached hydrogens (tertiary/aromatic N) is 1. The Morgan fingerprint density at radius 1 is 1.20 bits per heavy atom. The molecule has 2 aliphatic rings. The van der Waals surface area contributed by atoms with Gasteiger partial charge in [0.25, 0.3) is 5.91 Å². The number of amides is 1. The molecule has 0 bridgehead atoms. The van der Waals surface area contributed by atoms with Gasteiger partial charge in [0.1, 0.15) is 11.6 Å². The lowest BCUT2D eigenvalue weighted by Crippen LogP contribution is -2.35. The van der Waals surface area contributed by atoms with Crippen molar-refractivity contribution in [3.05, 3.63) is 70.8 Å². The summed E-state index contributed by atoms with van der Waals surface area (Å²) in [5, 5.41) is 11.9. The van der Waals surface area contributed by atoms with Crippen LogP contribution in [0.1, 0.15) is 50.8 Å². The molecule has 1 unspecified atom stereocenters. The maximum Gasteiger partial charge on any atom is 0.339 e. The lowest BCUT2D eigenvalue weighted by molar-refractivity contribution is 0.0252. The van der Waals surface area contributed by atoms with Gasteiger partial charge in [0.2, 0.25) is 0 Å². The Morgan fingerprint density at radius 3 is 2.64 bits per heavy atom. The third kappa shape index (κ3) is 2.87. The van der Waals surface area contributed by atoms with E-state index in [1.54, 1.807) is 18.2 Å². The summed E-state index contributed by atoms with van der Waals surface area (Å²) in [4.78, 5) is 24.7. The Morgan fingerprint density at radius 2 is 1.96 bits per heavy atom. The Kier molecular flexibility index (Phi) is 3.54. The second-order valence-electron chi connectivity index (χ2n) is 6.53. The molecule has 0 spiro atoms. The molecule has 1 aliphatic carbocycles. The SMILES string of the molecule is N#CC1(NC(=O)c2ccc3c(c2)CC(c2ccccc2)OC3=O)CC1. The first-order chi connectivity index (χ1) is 12.1. The molecule has 5 nitrogen and oxygen atoms in total. The van der Waals surface area contributed by atoms with E-state index in [0.717, 1.165) is 11.1 Å². The molecule has 2 aromatic rings. The van der Waals surface area contributed by atoms with Crippen LogP contribution in [0.3, 0.4) is 0 Å². The number of nitriles is 1. The van der Waals surface area contributed by atoms with Crippen molar-refractivity contribution in [1.29, 1.82) is 5.26 Å². The van der Waals surface area contributed by atoms with E-state index in [-0.39, 0.29) is 18.0 Å². The van der Waals surface area contributed by atoms with Crippen molar-refractivity contribution in [2.24, 2.45) is 0 Å². The number of carbonyl (C=O) groups is 2. The molecule has 1 saturated carbocycles. The highest BCUT2D eigenvalue weighted by molar-refractivity contribution is 5.98. The molecule has 1 N–H and O–H groups in total. The first-order valence-electron chi connectivity index (χ1n) is 8.23. The molecule has 0 aromatic heterocycles. The van der Waals surface area contributed by atoms with E-state index in [0.29, 0.717) is 30.4 Å². The van der Waals surface area contributed by atoms with E-state index in [9.17, 15) is 9.59 Å². The van der Waals surface area contributed by atoms with Gasteiger partial charge in [-0.25, -0.2) is 4.79 Å². The van der Waals surface area contributed by atoms with Crippen LogP contribution in [0.2, 0.25) is 0 Å². The average molecular weight is 332 g/mol. The summed E-state index contributed by atoms with van der Waals surface area (Å²) in [6.07, 6.45) is 1.54. The largest absolute Gasteiger partial charge is 0.454 e. The van der Waals surface area contributed by atoms with Crippen LogP contribution in [0.5, 0.6) is 0 Å². The summed E-state index contributed by atoms with van der Waals surface area (Å²) in [6, 6.07) is 16.7. The normalized spacial score (nSPS) is 20.0. The van der Waals surface area contributed by atoms with Crippen molar-refractivity contribution >= 4 is 11.9 Å². The Balaban J connectivity index is 1.60. The fourth-order valence-corrected chi connectivity index (χ4v) is 3.07. The first-order valence-corrected chi connectivity index (χ1v) is 8.23. The van der Waals surface area contributed by atoms with E-state index in [1.165, 1.54) is 0 Å². The van der Waals surface area contributed by atoms with Crippen molar-refractivity contribution in [2.45, 2.75) is 30.9 Å². The topological polar surface area (TPSA) is 79.2 Å². The zero-order valence-corrected chi connectivity index (χ0v) is 13.5. The zero-order valence-electron chi connectivity index (χ0n) is 13.5. The monoisotopic (exact) mass is 332 g/mol. The molecule has 2 aromatic carbocycles. The van der Waals surface area contributed by atoms with Crippen LogP contribution in [0.25, 0.3) is 0 Å². The molecule has 1 aliphatic heterocycles. The fraction of sp³-hybridized carbons (Fsp3) is 0.250. The number of hydrogen-bond donors (Lipinski definition) is 1. The molecule has 1 heterocycles. The maximum absolute atomic E-state index is 12.4. The van der Waals surface area contributed by atoms with Crippen molar-refractivity contribution < 1.29 is 14.3 Å². The maximum atomic E-state index is 12.4. The van der Waals surface area contributed by atoms with Gasteiger partial charge in [0.15, 0.2) is 0 Å².